The number of fused-ring (bicyclic) bond motifs is 7. The minimum Gasteiger partial charge on any atom is -0.515 e. The van der Waals surface area contributed by atoms with Gasteiger partial charge < -0.3 is 5.11 Å². The zero-order chi connectivity index (χ0) is 25.8. The third-order valence-electron chi connectivity index (χ3n) is 13.0. The monoisotopic (exact) mass is 478 g/mol. The second-order valence-corrected chi connectivity index (χ2v) is 15.3. The van der Waals surface area contributed by atoms with Crippen LogP contribution >= 0.6 is 0 Å². The lowest BCUT2D eigenvalue weighted by Crippen LogP contribution is -2.69. The van der Waals surface area contributed by atoms with Crippen LogP contribution in [0.5, 0.6) is 0 Å². The number of hydrogen-bond donors (Lipinski definition) is 1. The van der Waals surface area contributed by atoms with Crippen LogP contribution in [0.2, 0.25) is 0 Å². The Morgan fingerprint density at radius 2 is 1.57 bits per heavy atom. The molecule has 5 aliphatic carbocycles. The van der Waals surface area contributed by atoms with E-state index >= 15 is 0 Å². The number of Topliss-reactive ketones (excluding diaryl/α,β-unsaturated/α-hetero) is 2. The van der Waals surface area contributed by atoms with Gasteiger partial charge in [-0.25, -0.2) is 0 Å². The molecule has 8 atom stereocenters. The highest BCUT2D eigenvalue weighted by Crippen LogP contribution is 2.76. The zero-order valence-corrected chi connectivity index (χ0v) is 23.1. The van der Waals surface area contributed by atoms with Gasteiger partial charge in [0.15, 0.2) is 5.78 Å². The van der Waals surface area contributed by atoms with Gasteiger partial charge in [0, 0.05) is 28.7 Å². The summed E-state index contributed by atoms with van der Waals surface area (Å²) in [5, 5.41) is 10.0. The van der Waals surface area contributed by atoms with Crippen molar-refractivity contribution in [1.82, 2.24) is 0 Å². The number of allylic oxidation sites excluding steroid dienone is 1. The Labute approximate surface area is 212 Å². The van der Waals surface area contributed by atoms with E-state index in [4.69, 9.17) is 6.42 Å². The highest BCUT2D eigenvalue weighted by atomic mass is 16.2. The molecule has 0 heterocycles. The fourth-order valence-electron chi connectivity index (χ4n) is 10.9. The Morgan fingerprint density at radius 3 is 2.20 bits per heavy atom. The molecule has 3 nitrogen and oxygen atoms in total. The Bertz CT molecular complexity index is 1040. The van der Waals surface area contributed by atoms with E-state index in [0.717, 1.165) is 51.2 Å². The van der Waals surface area contributed by atoms with Crippen molar-refractivity contribution >= 4 is 11.6 Å². The summed E-state index contributed by atoms with van der Waals surface area (Å²) in [7, 11) is 0. The maximum atomic E-state index is 14.3. The summed E-state index contributed by atoms with van der Waals surface area (Å²) in [5.74, 6) is 4.49. The van der Waals surface area contributed by atoms with E-state index in [1.54, 1.807) is 0 Å². The Balaban J connectivity index is 1.61. The molecule has 1 N–H and O–H groups in total. The lowest BCUT2D eigenvalue weighted by Gasteiger charge is -2.72. The highest BCUT2D eigenvalue weighted by Gasteiger charge is 2.72. The fourth-order valence-corrected chi connectivity index (χ4v) is 10.9. The van der Waals surface area contributed by atoms with E-state index in [1.807, 2.05) is 0 Å². The molecular formula is C32H46O3. The largest absolute Gasteiger partial charge is 0.515 e. The molecule has 5 fully saturated rings. The number of aliphatic hydroxyl groups is 1. The number of carbonyl (C=O) groups excluding carboxylic acids is 2. The second-order valence-electron chi connectivity index (χ2n) is 15.3. The number of rotatable bonds is 0. The molecule has 0 aromatic carbocycles. The van der Waals surface area contributed by atoms with E-state index < -0.39 is 5.41 Å². The van der Waals surface area contributed by atoms with E-state index in [0.29, 0.717) is 24.2 Å². The predicted octanol–water partition coefficient (Wildman–Crippen LogP) is 7.30. The first kappa shape index (κ1) is 25.1. The van der Waals surface area contributed by atoms with Crippen molar-refractivity contribution in [2.75, 3.05) is 0 Å². The van der Waals surface area contributed by atoms with Gasteiger partial charge in [-0.1, -0.05) is 54.4 Å². The van der Waals surface area contributed by atoms with E-state index in [9.17, 15) is 14.7 Å². The molecule has 0 unspecified atom stereocenters. The molecule has 0 aromatic rings. The van der Waals surface area contributed by atoms with Crippen LogP contribution in [0.3, 0.4) is 0 Å². The average molecular weight is 479 g/mol. The van der Waals surface area contributed by atoms with E-state index in [2.05, 4.69) is 54.4 Å². The summed E-state index contributed by atoms with van der Waals surface area (Å²) in [5.41, 5.74) is -0.158. The van der Waals surface area contributed by atoms with Crippen molar-refractivity contribution in [3.63, 3.8) is 0 Å². The number of aliphatic hydroxyl groups excluding tert-OH is 1. The molecule has 5 saturated carbocycles. The molecule has 5 rings (SSSR count). The quantitative estimate of drug-likeness (QED) is 0.226. The van der Waals surface area contributed by atoms with Gasteiger partial charge in [0.25, 0.3) is 0 Å². The predicted molar refractivity (Wildman–Crippen MR) is 139 cm³/mol. The van der Waals surface area contributed by atoms with Gasteiger partial charge in [0.1, 0.15) is 5.78 Å². The number of hydrogen-bond acceptors (Lipinski definition) is 3. The topological polar surface area (TPSA) is 54.4 Å². The van der Waals surface area contributed by atoms with Gasteiger partial charge in [-0.15, -0.1) is 6.42 Å². The maximum absolute atomic E-state index is 14.3. The minimum atomic E-state index is -0.526. The molecule has 35 heavy (non-hydrogen) atoms. The van der Waals surface area contributed by atoms with Crippen molar-refractivity contribution in [2.24, 2.45) is 56.2 Å². The molecule has 0 aliphatic heterocycles. The van der Waals surface area contributed by atoms with Crippen molar-refractivity contribution in [1.29, 1.82) is 0 Å². The van der Waals surface area contributed by atoms with Gasteiger partial charge in [-0.2, -0.15) is 0 Å². The van der Waals surface area contributed by atoms with Crippen LogP contribution in [0.25, 0.3) is 0 Å². The molecule has 0 amide bonds. The normalized spacial score (nSPS) is 51.4. The summed E-state index contributed by atoms with van der Waals surface area (Å²) in [6.45, 7) is 16.1. The molecule has 192 valence electrons. The number of ketones is 2. The lowest BCUT2D eigenvalue weighted by atomic mass is 9.31. The highest BCUT2D eigenvalue weighted by molar-refractivity contribution is 6.00. The van der Waals surface area contributed by atoms with Crippen molar-refractivity contribution in [3.8, 4) is 12.3 Å². The molecular weight excluding hydrogens is 432 g/mol. The van der Waals surface area contributed by atoms with Gasteiger partial charge in [0.2, 0.25) is 0 Å². The Kier molecular flexibility index (Phi) is 5.21. The molecule has 0 saturated heterocycles. The first-order valence-electron chi connectivity index (χ1n) is 14.0. The third kappa shape index (κ3) is 2.98. The zero-order valence-electron chi connectivity index (χ0n) is 23.1. The SMILES string of the molecule is C#C[C@]12CCC(C)(C)C[C@H]1[C@H]1C(=O)C[C@@H]3[C@@]4(C)C/C(=C\O)C(=O)C(C)(C)[C@@H]4CC[C@@]3(C)[C@]1(C)CC2. The smallest absolute Gasteiger partial charge is 0.167 e. The van der Waals surface area contributed by atoms with E-state index in [1.165, 1.54) is 0 Å². The summed E-state index contributed by atoms with van der Waals surface area (Å²) < 4.78 is 0. The van der Waals surface area contributed by atoms with Gasteiger partial charge in [-0.05, 0) is 90.8 Å². The second kappa shape index (κ2) is 7.26. The molecule has 0 radical (unpaired) electrons. The van der Waals surface area contributed by atoms with Crippen molar-refractivity contribution in [3.05, 3.63) is 11.8 Å². The van der Waals surface area contributed by atoms with Crippen molar-refractivity contribution < 1.29 is 14.7 Å². The molecule has 0 aromatic heterocycles. The van der Waals surface area contributed by atoms with Gasteiger partial charge in [0.05, 0.1) is 6.26 Å². The van der Waals surface area contributed by atoms with Crippen LogP contribution in [0.1, 0.15) is 106 Å². The van der Waals surface area contributed by atoms with Crippen LogP contribution in [-0.4, -0.2) is 16.7 Å². The molecule has 0 bridgehead atoms. The van der Waals surface area contributed by atoms with Crippen LogP contribution in [0, 0.1) is 68.5 Å². The molecule has 5 aliphatic rings. The fraction of sp³-hybridized carbons (Fsp3) is 0.812. The first-order valence-corrected chi connectivity index (χ1v) is 14.0. The van der Waals surface area contributed by atoms with Crippen LogP contribution in [0.15, 0.2) is 11.8 Å². The summed E-state index contributed by atoms with van der Waals surface area (Å²) in [6.07, 6.45) is 15.8. The standard InChI is InChI=1S/C32H46O3/c1-9-32-14-12-27(2,3)18-21(32)25-22(34)16-24-29(6)17-20(19-33)26(35)28(4,5)23(29)10-11-30(24,7)31(25,8)13-15-32/h1,19,21,23-25,33H,10-18H2,2-8H3/b20-19+/t21-,23-,24+,25-,29-,30+,31+,32+/m0/s1. The van der Waals surface area contributed by atoms with Crippen LogP contribution in [0.4, 0.5) is 0 Å². The van der Waals surface area contributed by atoms with Crippen LogP contribution in [-0.2, 0) is 9.59 Å². The van der Waals surface area contributed by atoms with Crippen LogP contribution < -0.4 is 0 Å². The minimum absolute atomic E-state index is 0.0101. The molecule has 0 spiro atoms. The summed E-state index contributed by atoms with van der Waals surface area (Å²) >= 11 is 0. The first-order chi connectivity index (χ1) is 16.1. The summed E-state index contributed by atoms with van der Waals surface area (Å²) in [4.78, 5) is 27.6. The Hall–Kier alpha value is -1.56. The lowest BCUT2D eigenvalue weighted by molar-refractivity contribution is -0.226. The number of terminal acetylenes is 1. The third-order valence-corrected chi connectivity index (χ3v) is 13.0. The maximum Gasteiger partial charge on any atom is 0.167 e. The van der Waals surface area contributed by atoms with Gasteiger partial charge in [-0.3, -0.25) is 9.59 Å². The van der Waals surface area contributed by atoms with Crippen molar-refractivity contribution in [2.45, 2.75) is 106 Å². The van der Waals surface area contributed by atoms with E-state index in [-0.39, 0.29) is 56.5 Å². The Morgan fingerprint density at radius 1 is 0.914 bits per heavy atom. The van der Waals surface area contributed by atoms with Gasteiger partial charge >= 0.3 is 0 Å². The molecule has 3 heteroatoms. The number of carbonyl (C=O) groups is 2. The summed E-state index contributed by atoms with van der Waals surface area (Å²) in [6, 6.07) is 0. The average Bonchev–Trinajstić information content (AvgIpc) is 2.77.